The molecule has 2 heteroatoms. The van der Waals surface area contributed by atoms with Gasteiger partial charge in [-0.2, -0.15) is 0 Å². The van der Waals surface area contributed by atoms with E-state index in [1.165, 1.54) is 11.6 Å². The summed E-state index contributed by atoms with van der Waals surface area (Å²) in [6.45, 7) is 4.32. The topological polar surface area (TPSA) is 12.0 Å². The van der Waals surface area contributed by atoms with Gasteiger partial charge >= 0.3 is 0 Å². The van der Waals surface area contributed by atoms with E-state index in [0.29, 0.717) is 12.1 Å². The van der Waals surface area contributed by atoms with Gasteiger partial charge in [-0.05, 0) is 43.0 Å². The van der Waals surface area contributed by atoms with E-state index in [1.54, 1.807) is 6.07 Å². The third kappa shape index (κ3) is 1.67. The van der Waals surface area contributed by atoms with Crippen molar-refractivity contribution < 1.29 is 4.39 Å². The highest BCUT2D eigenvalue weighted by molar-refractivity contribution is 5.39. The van der Waals surface area contributed by atoms with Crippen LogP contribution >= 0.6 is 0 Å². The molecule has 1 aromatic carbocycles. The lowest BCUT2D eigenvalue weighted by molar-refractivity contribution is 0.410. The number of hydrogen-bond donors (Lipinski definition) is 1. The Morgan fingerprint density at radius 1 is 1.57 bits per heavy atom. The van der Waals surface area contributed by atoms with Gasteiger partial charge in [-0.25, -0.2) is 4.39 Å². The summed E-state index contributed by atoms with van der Waals surface area (Å²) >= 11 is 0. The van der Waals surface area contributed by atoms with E-state index in [0.717, 1.165) is 18.4 Å². The summed E-state index contributed by atoms with van der Waals surface area (Å²) in [4.78, 5) is 0. The molecule has 1 aliphatic rings. The van der Waals surface area contributed by atoms with Gasteiger partial charge in [0, 0.05) is 12.1 Å². The summed E-state index contributed by atoms with van der Waals surface area (Å²) in [6.07, 6.45) is 2.15. The fraction of sp³-hybridized carbons (Fsp3) is 0.500. The first kappa shape index (κ1) is 9.66. The molecule has 1 nitrogen and oxygen atoms in total. The summed E-state index contributed by atoms with van der Waals surface area (Å²) in [5.41, 5.74) is 2.43. The molecule has 0 aliphatic heterocycles. The van der Waals surface area contributed by atoms with Crippen LogP contribution in [-0.2, 0) is 6.42 Å². The lowest BCUT2D eigenvalue weighted by Crippen LogP contribution is -2.36. The highest BCUT2D eigenvalue weighted by atomic mass is 19.1. The number of hydrogen-bond acceptors (Lipinski definition) is 1. The number of halogens is 1. The number of nitrogens with one attached hydrogen (secondary N) is 1. The van der Waals surface area contributed by atoms with E-state index in [-0.39, 0.29) is 5.82 Å². The molecule has 1 aliphatic carbocycles. The van der Waals surface area contributed by atoms with Gasteiger partial charge in [0.25, 0.3) is 0 Å². The van der Waals surface area contributed by atoms with Gasteiger partial charge in [-0.3, -0.25) is 0 Å². The summed E-state index contributed by atoms with van der Waals surface area (Å²) in [7, 11) is 0. The molecular weight excluding hydrogens is 177 g/mol. The first-order chi connectivity index (χ1) is 6.70. The Hall–Kier alpha value is -0.890. The summed E-state index contributed by atoms with van der Waals surface area (Å²) in [6, 6.07) is 5.96. The molecule has 2 unspecified atom stereocenters. The Kier molecular flexibility index (Phi) is 2.55. The quantitative estimate of drug-likeness (QED) is 0.778. The lowest BCUT2D eigenvalue weighted by atomic mass is 9.83. The van der Waals surface area contributed by atoms with Crippen molar-refractivity contribution in [1.82, 2.24) is 5.32 Å². The maximum Gasteiger partial charge on any atom is 0.123 e. The first-order valence-electron chi connectivity index (χ1n) is 5.25. The fourth-order valence-corrected chi connectivity index (χ4v) is 1.88. The van der Waals surface area contributed by atoms with E-state index in [1.807, 2.05) is 6.07 Å². The standard InChI is InChI=1S/C12H16FN/c1-3-8(2)14-12-6-9-4-5-10(13)7-11(9)12/h4-5,7-8,12,14H,3,6H2,1-2H3. The average molecular weight is 193 g/mol. The average Bonchev–Trinajstić information content (AvgIpc) is 2.17. The van der Waals surface area contributed by atoms with Crippen molar-refractivity contribution in [3.05, 3.63) is 35.1 Å². The SMILES string of the molecule is CCC(C)NC1Cc2ccc(F)cc21. The highest BCUT2D eigenvalue weighted by Gasteiger charge is 2.26. The maximum absolute atomic E-state index is 12.9. The molecular formula is C12H16FN. The van der Waals surface area contributed by atoms with Gasteiger partial charge in [0.1, 0.15) is 5.82 Å². The number of rotatable bonds is 3. The summed E-state index contributed by atoms with van der Waals surface area (Å²) in [5.74, 6) is -0.126. The minimum Gasteiger partial charge on any atom is -0.307 e. The molecule has 1 aromatic rings. The van der Waals surface area contributed by atoms with Gasteiger partial charge in [-0.15, -0.1) is 0 Å². The van der Waals surface area contributed by atoms with Crippen molar-refractivity contribution in [2.45, 2.75) is 38.8 Å². The van der Waals surface area contributed by atoms with Crippen LogP contribution < -0.4 is 5.32 Å². The summed E-state index contributed by atoms with van der Waals surface area (Å²) in [5, 5.41) is 3.48. The molecule has 0 saturated carbocycles. The minimum atomic E-state index is -0.126. The zero-order valence-corrected chi connectivity index (χ0v) is 8.68. The number of fused-ring (bicyclic) bond motifs is 1. The Morgan fingerprint density at radius 3 is 3.07 bits per heavy atom. The van der Waals surface area contributed by atoms with Gasteiger partial charge in [0.15, 0.2) is 0 Å². The zero-order chi connectivity index (χ0) is 10.1. The lowest BCUT2D eigenvalue weighted by Gasteiger charge is -2.33. The maximum atomic E-state index is 12.9. The Morgan fingerprint density at radius 2 is 2.36 bits per heavy atom. The monoisotopic (exact) mass is 193 g/mol. The van der Waals surface area contributed by atoms with Gasteiger partial charge in [-0.1, -0.05) is 13.0 Å². The van der Waals surface area contributed by atoms with Gasteiger partial charge < -0.3 is 5.32 Å². The predicted molar refractivity (Wildman–Crippen MR) is 55.7 cm³/mol. The zero-order valence-electron chi connectivity index (χ0n) is 8.68. The van der Waals surface area contributed by atoms with Crippen LogP contribution in [0.2, 0.25) is 0 Å². The second kappa shape index (κ2) is 3.70. The Labute approximate surface area is 84.3 Å². The van der Waals surface area contributed by atoms with Crippen LogP contribution in [-0.4, -0.2) is 6.04 Å². The van der Waals surface area contributed by atoms with E-state index in [2.05, 4.69) is 19.2 Å². The largest absolute Gasteiger partial charge is 0.307 e. The van der Waals surface area contributed by atoms with Crippen LogP contribution in [0, 0.1) is 5.82 Å². The van der Waals surface area contributed by atoms with Crippen LogP contribution in [0.15, 0.2) is 18.2 Å². The van der Waals surface area contributed by atoms with E-state index < -0.39 is 0 Å². The number of benzene rings is 1. The van der Waals surface area contributed by atoms with Crippen molar-refractivity contribution in [2.24, 2.45) is 0 Å². The molecule has 76 valence electrons. The van der Waals surface area contributed by atoms with Crippen molar-refractivity contribution >= 4 is 0 Å². The third-order valence-corrected chi connectivity index (χ3v) is 3.01. The van der Waals surface area contributed by atoms with Crippen molar-refractivity contribution in [2.75, 3.05) is 0 Å². The molecule has 14 heavy (non-hydrogen) atoms. The summed E-state index contributed by atoms with van der Waals surface area (Å²) < 4.78 is 12.9. The van der Waals surface area contributed by atoms with E-state index in [9.17, 15) is 4.39 Å². The van der Waals surface area contributed by atoms with Crippen molar-refractivity contribution in [3.8, 4) is 0 Å². The van der Waals surface area contributed by atoms with Crippen LogP contribution in [0.3, 0.4) is 0 Å². The smallest absolute Gasteiger partial charge is 0.123 e. The third-order valence-electron chi connectivity index (χ3n) is 3.01. The van der Waals surface area contributed by atoms with E-state index >= 15 is 0 Å². The molecule has 0 fully saturated rings. The first-order valence-corrected chi connectivity index (χ1v) is 5.25. The normalized spacial score (nSPS) is 21.2. The molecule has 0 amide bonds. The molecule has 2 atom stereocenters. The molecule has 0 bridgehead atoms. The van der Waals surface area contributed by atoms with Gasteiger partial charge in [0.2, 0.25) is 0 Å². The van der Waals surface area contributed by atoms with Crippen molar-refractivity contribution in [3.63, 3.8) is 0 Å². The predicted octanol–water partition coefficient (Wildman–Crippen LogP) is 2.81. The van der Waals surface area contributed by atoms with Crippen LogP contribution in [0.25, 0.3) is 0 Å². The van der Waals surface area contributed by atoms with Gasteiger partial charge in [0.05, 0.1) is 0 Å². The van der Waals surface area contributed by atoms with Crippen LogP contribution in [0.5, 0.6) is 0 Å². The molecule has 0 radical (unpaired) electrons. The van der Waals surface area contributed by atoms with E-state index in [4.69, 9.17) is 0 Å². The fourth-order valence-electron chi connectivity index (χ4n) is 1.88. The minimum absolute atomic E-state index is 0.126. The molecule has 1 N–H and O–H groups in total. The van der Waals surface area contributed by atoms with Crippen LogP contribution in [0.4, 0.5) is 4.39 Å². The molecule has 0 spiro atoms. The van der Waals surface area contributed by atoms with Crippen molar-refractivity contribution in [1.29, 1.82) is 0 Å². The molecule has 0 saturated heterocycles. The molecule has 0 heterocycles. The molecule has 0 aromatic heterocycles. The highest BCUT2D eigenvalue weighted by Crippen LogP contribution is 2.33. The Balaban J connectivity index is 2.07. The molecule has 2 rings (SSSR count). The van der Waals surface area contributed by atoms with Crippen LogP contribution in [0.1, 0.15) is 37.4 Å². The Bertz CT molecular complexity index is 335. The second-order valence-electron chi connectivity index (χ2n) is 4.08. The second-order valence-corrected chi connectivity index (χ2v) is 4.08.